The monoisotopic (exact) mass is 453 g/mol. The van der Waals surface area contributed by atoms with E-state index in [1.54, 1.807) is 18.2 Å². The van der Waals surface area contributed by atoms with Crippen molar-refractivity contribution in [3.63, 3.8) is 0 Å². The Hall–Kier alpha value is -2.81. The molecular formula is C22H19F4NO3S. The van der Waals surface area contributed by atoms with Gasteiger partial charge in [-0.2, -0.15) is 13.2 Å². The van der Waals surface area contributed by atoms with Crippen molar-refractivity contribution in [3.05, 3.63) is 77.6 Å². The number of carbonyl (C=O) groups is 2. The highest BCUT2D eigenvalue weighted by atomic mass is 32.2. The number of allylic oxidation sites excluding steroid dienone is 1. The molecule has 0 heterocycles. The van der Waals surface area contributed by atoms with E-state index in [0.29, 0.717) is 6.42 Å². The summed E-state index contributed by atoms with van der Waals surface area (Å²) in [5.41, 5.74) is -3.97. The van der Waals surface area contributed by atoms with Crippen LogP contribution in [0.2, 0.25) is 0 Å². The summed E-state index contributed by atoms with van der Waals surface area (Å²) in [7, 11) is 1.23. The highest BCUT2D eigenvalue weighted by Gasteiger charge is 2.35. The van der Waals surface area contributed by atoms with Crippen molar-refractivity contribution in [1.82, 2.24) is 5.32 Å². The predicted molar refractivity (Wildman–Crippen MR) is 108 cm³/mol. The van der Waals surface area contributed by atoms with Crippen molar-refractivity contribution >= 4 is 23.6 Å². The van der Waals surface area contributed by atoms with Crippen LogP contribution < -0.4 is 5.32 Å². The Bertz CT molecular complexity index is 975. The number of ether oxygens (including phenoxy) is 1. The highest BCUT2D eigenvalue weighted by Crippen LogP contribution is 2.37. The van der Waals surface area contributed by atoms with Gasteiger partial charge in [-0.1, -0.05) is 30.4 Å². The van der Waals surface area contributed by atoms with E-state index in [4.69, 9.17) is 4.74 Å². The minimum atomic E-state index is -4.40. The van der Waals surface area contributed by atoms with E-state index in [9.17, 15) is 27.2 Å². The van der Waals surface area contributed by atoms with Crippen LogP contribution in [0.5, 0.6) is 0 Å². The molecule has 0 radical (unpaired) electrons. The van der Waals surface area contributed by atoms with Gasteiger partial charge in [0.15, 0.2) is 0 Å². The number of amides is 1. The zero-order chi connectivity index (χ0) is 22.6. The van der Waals surface area contributed by atoms with Gasteiger partial charge < -0.3 is 10.1 Å². The number of alkyl halides is 3. The summed E-state index contributed by atoms with van der Waals surface area (Å²) in [5, 5.41) is 2.77. The first kappa shape index (κ1) is 22.9. The quantitative estimate of drug-likeness (QED) is 0.287. The average molecular weight is 453 g/mol. The molecule has 0 saturated carbocycles. The largest absolute Gasteiger partial charge is 0.469 e. The molecule has 0 aromatic heterocycles. The summed E-state index contributed by atoms with van der Waals surface area (Å²) in [6.07, 6.45) is 3.80. The van der Waals surface area contributed by atoms with E-state index < -0.39 is 35.2 Å². The first-order valence-electron chi connectivity index (χ1n) is 9.35. The highest BCUT2D eigenvalue weighted by molar-refractivity contribution is 8.00. The molecule has 31 heavy (non-hydrogen) atoms. The van der Waals surface area contributed by atoms with Gasteiger partial charge in [0.25, 0.3) is 5.91 Å². The second-order valence-electron chi connectivity index (χ2n) is 6.96. The summed E-state index contributed by atoms with van der Waals surface area (Å²) in [4.78, 5) is 24.8. The molecule has 2 aromatic carbocycles. The third kappa shape index (κ3) is 5.88. The smallest absolute Gasteiger partial charge is 0.446 e. The zero-order valence-electron chi connectivity index (χ0n) is 16.4. The van der Waals surface area contributed by atoms with E-state index in [0.717, 1.165) is 0 Å². The number of methoxy groups -OCH3 is 1. The minimum absolute atomic E-state index is 0.0179. The fraction of sp³-hybridized carbons (Fsp3) is 0.273. The number of rotatable bonds is 6. The zero-order valence-corrected chi connectivity index (χ0v) is 17.2. The predicted octanol–water partition coefficient (Wildman–Crippen LogP) is 5.07. The van der Waals surface area contributed by atoms with Crippen LogP contribution in [0.15, 0.2) is 65.6 Å². The third-order valence-electron chi connectivity index (χ3n) is 4.91. The molecular weight excluding hydrogens is 434 g/mol. The summed E-state index contributed by atoms with van der Waals surface area (Å²) in [5.74, 6) is -2.80. The molecule has 0 aliphatic heterocycles. The van der Waals surface area contributed by atoms with E-state index >= 15 is 0 Å². The standard InChI is InChI=1S/C22H19F4NO3S/c1-30-21(29)19(17-4-2-3-5-18(17)23)14-6-9-15(12-14)27-20(28)13-7-10-16(11-8-13)31-22(24,25)26/h2-11,14-15,19H,12H2,1H3,(H,27,28)/t14-,15-,19-/m0/s1. The van der Waals surface area contributed by atoms with Crippen molar-refractivity contribution in [2.24, 2.45) is 5.92 Å². The second kappa shape index (κ2) is 9.55. The van der Waals surface area contributed by atoms with Gasteiger partial charge in [-0.25, -0.2) is 4.39 Å². The number of carbonyl (C=O) groups excluding carboxylic acids is 2. The molecule has 0 bridgehead atoms. The minimum Gasteiger partial charge on any atom is -0.469 e. The third-order valence-corrected chi connectivity index (χ3v) is 5.65. The number of benzene rings is 2. The molecule has 9 heteroatoms. The van der Waals surface area contributed by atoms with Crippen LogP contribution in [0, 0.1) is 11.7 Å². The maximum atomic E-state index is 14.3. The van der Waals surface area contributed by atoms with E-state index in [2.05, 4.69) is 5.32 Å². The van der Waals surface area contributed by atoms with Crippen molar-refractivity contribution in [2.45, 2.75) is 28.8 Å². The molecule has 0 spiro atoms. The van der Waals surface area contributed by atoms with Crippen LogP contribution in [0.25, 0.3) is 0 Å². The van der Waals surface area contributed by atoms with Crippen molar-refractivity contribution < 1.29 is 31.9 Å². The van der Waals surface area contributed by atoms with Gasteiger partial charge in [-0.15, -0.1) is 0 Å². The van der Waals surface area contributed by atoms with Gasteiger partial charge in [0, 0.05) is 22.1 Å². The van der Waals surface area contributed by atoms with Crippen LogP contribution in [0.4, 0.5) is 17.6 Å². The van der Waals surface area contributed by atoms with Gasteiger partial charge in [-0.3, -0.25) is 9.59 Å². The maximum Gasteiger partial charge on any atom is 0.446 e. The van der Waals surface area contributed by atoms with Crippen LogP contribution in [-0.2, 0) is 9.53 Å². The van der Waals surface area contributed by atoms with Crippen LogP contribution in [0.3, 0.4) is 0 Å². The number of hydrogen-bond donors (Lipinski definition) is 1. The summed E-state index contributed by atoms with van der Waals surface area (Å²) in [6.45, 7) is 0. The van der Waals surface area contributed by atoms with Crippen molar-refractivity contribution in [1.29, 1.82) is 0 Å². The Balaban J connectivity index is 1.66. The first-order chi connectivity index (χ1) is 14.7. The Morgan fingerprint density at radius 1 is 1.10 bits per heavy atom. The molecule has 1 aliphatic carbocycles. The van der Waals surface area contributed by atoms with Gasteiger partial charge in [0.05, 0.1) is 13.0 Å². The van der Waals surface area contributed by atoms with Crippen LogP contribution in [0.1, 0.15) is 28.3 Å². The fourth-order valence-corrected chi connectivity index (χ4v) is 4.07. The lowest BCUT2D eigenvalue weighted by atomic mass is 9.85. The van der Waals surface area contributed by atoms with Crippen molar-refractivity contribution in [3.8, 4) is 0 Å². The normalized spacial score (nSPS) is 19.1. The molecule has 4 nitrogen and oxygen atoms in total. The molecule has 1 aliphatic rings. The molecule has 164 valence electrons. The molecule has 3 rings (SSSR count). The number of thioether (sulfide) groups is 1. The Morgan fingerprint density at radius 3 is 2.39 bits per heavy atom. The number of esters is 1. The molecule has 3 atom stereocenters. The average Bonchev–Trinajstić information content (AvgIpc) is 3.16. The lowest BCUT2D eigenvalue weighted by Crippen LogP contribution is -2.33. The topological polar surface area (TPSA) is 55.4 Å². The molecule has 2 aromatic rings. The molecule has 0 fully saturated rings. The number of nitrogens with one attached hydrogen (secondary N) is 1. The summed E-state index contributed by atoms with van der Waals surface area (Å²) in [6, 6.07) is 10.6. The number of hydrogen-bond acceptors (Lipinski definition) is 4. The van der Waals surface area contributed by atoms with Crippen molar-refractivity contribution in [2.75, 3.05) is 7.11 Å². The van der Waals surface area contributed by atoms with Crippen LogP contribution >= 0.6 is 11.8 Å². The lowest BCUT2D eigenvalue weighted by Gasteiger charge is -2.22. The Kier molecular flexibility index (Phi) is 7.04. The Morgan fingerprint density at radius 2 is 1.77 bits per heavy atom. The van der Waals surface area contributed by atoms with Crippen LogP contribution in [-0.4, -0.2) is 30.5 Å². The first-order valence-corrected chi connectivity index (χ1v) is 10.2. The van der Waals surface area contributed by atoms with E-state index in [1.165, 1.54) is 49.6 Å². The SMILES string of the molecule is COC(=O)[C@H](c1ccccc1F)[C@H]1C=C[C@H](NC(=O)c2ccc(SC(F)(F)F)cc2)C1. The Labute approximate surface area is 180 Å². The summed E-state index contributed by atoms with van der Waals surface area (Å²) < 4.78 is 56.4. The molecule has 1 amide bonds. The molecule has 0 unspecified atom stereocenters. The van der Waals surface area contributed by atoms with Gasteiger partial charge in [0.2, 0.25) is 0 Å². The number of halogens is 4. The molecule has 0 saturated heterocycles. The van der Waals surface area contributed by atoms with E-state index in [-0.39, 0.29) is 33.7 Å². The summed E-state index contributed by atoms with van der Waals surface area (Å²) >= 11 is -0.256. The van der Waals surface area contributed by atoms with E-state index in [1.807, 2.05) is 0 Å². The maximum absolute atomic E-state index is 14.3. The van der Waals surface area contributed by atoms with Gasteiger partial charge in [0.1, 0.15) is 5.82 Å². The second-order valence-corrected chi connectivity index (χ2v) is 8.10. The van der Waals surface area contributed by atoms with Gasteiger partial charge >= 0.3 is 11.5 Å². The molecule has 1 N–H and O–H groups in total. The lowest BCUT2D eigenvalue weighted by molar-refractivity contribution is -0.143. The van der Waals surface area contributed by atoms with Gasteiger partial charge in [-0.05, 0) is 54.4 Å². The fourth-order valence-electron chi connectivity index (χ4n) is 3.53.